The molecule has 1 amide bonds. The lowest BCUT2D eigenvalue weighted by Crippen LogP contribution is -2.29. The Morgan fingerprint density at radius 1 is 0.946 bits per heavy atom. The molecule has 0 spiro atoms. The molecule has 1 unspecified atom stereocenters. The molecule has 0 bridgehead atoms. The second-order valence-electron chi connectivity index (χ2n) is 8.28. The zero-order valence-electron chi connectivity index (χ0n) is 20.5. The Bertz CT molecular complexity index is 1400. The highest BCUT2D eigenvalue weighted by atomic mass is 16.7. The van der Waals surface area contributed by atoms with Crippen LogP contribution >= 0.6 is 0 Å². The van der Waals surface area contributed by atoms with Crippen LogP contribution in [-0.4, -0.2) is 44.4 Å². The second-order valence-corrected chi connectivity index (χ2v) is 8.28. The first-order valence-corrected chi connectivity index (χ1v) is 11.6. The van der Waals surface area contributed by atoms with Gasteiger partial charge in [-0.15, -0.1) is 0 Å². The van der Waals surface area contributed by atoms with Crippen LogP contribution in [0.5, 0.6) is 28.7 Å². The van der Waals surface area contributed by atoms with Crippen LogP contribution < -0.4 is 28.6 Å². The van der Waals surface area contributed by atoms with Crippen molar-refractivity contribution in [1.82, 2.24) is 0 Å². The molecule has 37 heavy (non-hydrogen) atoms. The normalized spacial score (nSPS) is 17.7. The van der Waals surface area contributed by atoms with Crippen molar-refractivity contribution >= 4 is 23.1 Å². The summed E-state index contributed by atoms with van der Waals surface area (Å²) in [7, 11) is 2.97. The van der Waals surface area contributed by atoms with Crippen LogP contribution in [0.25, 0.3) is 5.76 Å². The predicted octanol–water partition coefficient (Wildman–Crippen LogP) is 4.46. The fourth-order valence-electron chi connectivity index (χ4n) is 4.50. The summed E-state index contributed by atoms with van der Waals surface area (Å²) in [5, 5.41) is 11.4. The van der Waals surface area contributed by atoms with Crippen LogP contribution in [0, 0.1) is 0 Å². The average Bonchev–Trinajstić information content (AvgIpc) is 3.50. The summed E-state index contributed by atoms with van der Waals surface area (Å²) in [6.45, 7) is 2.44. The van der Waals surface area contributed by atoms with E-state index < -0.39 is 17.7 Å². The van der Waals surface area contributed by atoms with Gasteiger partial charge in [-0.05, 0) is 55.0 Å². The molecule has 0 saturated carbocycles. The molecule has 5 rings (SSSR count). The molecule has 0 radical (unpaired) electrons. The number of amides is 1. The Morgan fingerprint density at radius 2 is 1.68 bits per heavy atom. The van der Waals surface area contributed by atoms with E-state index in [-0.39, 0.29) is 18.1 Å². The molecule has 1 N–H and O–H groups in total. The van der Waals surface area contributed by atoms with E-state index in [1.807, 2.05) is 6.92 Å². The number of hydrogen-bond acceptors (Lipinski definition) is 8. The molecule has 3 aromatic carbocycles. The van der Waals surface area contributed by atoms with Crippen LogP contribution in [0.2, 0.25) is 0 Å². The molecule has 0 aliphatic carbocycles. The minimum Gasteiger partial charge on any atom is -0.507 e. The Morgan fingerprint density at radius 3 is 2.38 bits per heavy atom. The van der Waals surface area contributed by atoms with Crippen LogP contribution in [0.1, 0.15) is 24.1 Å². The number of aliphatic hydroxyl groups excluding tert-OH is 1. The zero-order chi connectivity index (χ0) is 26.1. The molecule has 1 fully saturated rings. The maximum absolute atomic E-state index is 13.4. The van der Waals surface area contributed by atoms with E-state index in [0.717, 1.165) is 0 Å². The summed E-state index contributed by atoms with van der Waals surface area (Å²) >= 11 is 0. The maximum Gasteiger partial charge on any atom is 0.300 e. The van der Waals surface area contributed by atoms with Gasteiger partial charge in [0.25, 0.3) is 11.7 Å². The highest BCUT2D eigenvalue weighted by Crippen LogP contribution is 2.45. The molecule has 9 heteroatoms. The van der Waals surface area contributed by atoms with Gasteiger partial charge in [0.2, 0.25) is 6.79 Å². The lowest BCUT2D eigenvalue weighted by atomic mass is 9.95. The van der Waals surface area contributed by atoms with Crippen molar-refractivity contribution in [1.29, 1.82) is 0 Å². The molecule has 9 nitrogen and oxygen atoms in total. The van der Waals surface area contributed by atoms with Crippen LogP contribution in [0.4, 0.5) is 5.69 Å². The first-order valence-electron chi connectivity index (χ1n) is 11.6. The number of nitrogens with zero attached hydrogens (tertiary/aromatic N) is 1. The molecule has 2 aliphatic heterocycles. The van der Waals surface area contributed by atoms with Gasteiger partial charge in [-0.3, -0.25) is 14.5 Å². The summed E-state index contributed by atoms with van der Waals surface area (Å²) in [5.74, 6) is 0.557. The van der Waals surface area contributed by atoms with E-state index in [1.54, 1.807) is 60.7 Å². The molecule has 2 aliphatic rings. The molecule has 0 aromatic heterocycles. The third kappa shape index (κ3) is 4.18. The molecular weight excluding hydrogens is 478 g/mol. The van der Waals surface area contributed by atoms with Crippen molar-refractivity contribution in [2.75, 3.05) is 32.5 Å². The van der Waals surface area contributed by atoms with Crippen molar-refractivity contribution in [3.63, 3.8) is 0 Å². The number of benzene rings is 3. The third-order valence-electron chi connectivity index (χ3n) is 6.24. The Labute approximate surface area is 213 Å². The summed E-state index contributed by atoms with van der Waals surface area (Å²) in [5.41, 5.74) is 1.29. The number of Topliss-reactive ketones (excluding diaryl/α,β-unsaturated/α-hetero) is 1. The topological polar surface area (TPSA) is 104 Å². The largest absolute Gasteiger partial charge is 0.507 e. The van der Waals surface area contributed by atoms with Gasteiger partial charge in [0.1, 0.15) is 11.5 Å². The molecule has 190 valence electrons. The van der Waals surface area contributed by atoms with E-state index in [0.29, 0.717) is 52.2 Å². The van der Waals surface area contributed by atoms with Gasteiger partial charge in [-0.25, -0.2) is 0 Å². The number of ether oxygens (including phenoxy) is 5. The van der Waals surface area contributed by atoms with Gasteiger partial charge in [0.15, 0.2) is 23.0 Å². The number of methoxy groups -OCH3 is 2. The number of carbonyl (C=O) groups is 2. The number of fused-ring (bicyclic) bond motifs is 1. The minimum atomic E-state index is -0.913. The standard InChI is InChI=1S/C28H25NO8/c1-4-35-19-9-5-16(6-10-19)25-24(26(30)17-7-11-20(33-2)22(13-17)34-3)27(31)28(32)29(25)18-8-12-21-23(14-18)37-15-36-21/h5-14,25,30H,4,15H2,1-3H3/b26-24+. The van der Waals surface area contributed by atoms with Gasteiger partial charge < -0.3 is 28.8 Å². The quantitative estimate of drug-likeness (QED) is 0.286. The van der Waals surface area contributed by atoms with Crippen molar-refractivity contribution in [2.45, 2.75) is 13.0 Å². The number of rotatable bonds is 7. The highest BCUT2D eigenvalue weighted by Gasteiger charge is 2.47. The van der Waals surface area contributed by atoms with E-state index in [1.165, 1.54) is 19.1 Å². The van der Waals surface area contributed by atoms with Gasteiger partial charge in [-0.1, -0.05) is 12.1 Å². The Kier molecular flexibility index (Phi) is 6.35. The van der Waals surface area contributed by atoms with E-state index >= 15 is 0 Å². The smallest absolute Gasteiger partial charge is 0.300 e. The lowest BCUT2D eigenvalue weighted by Gasteiger charge is -2.26. The number of ketones is 1. The maximum atomic E-state index is 13.4. The van der Waals surface area contributed by atoms with Gasteiger partial charge >= 0.3 is 0 Å². The van der Waals surface area contributed by atoms with E-state index in [4.69, 9.17) is 23.7 Å². The average molecular weight is 504 g/mol. The van der Waals surface area contributed by atoms with Gasteiger partial charge in [0.05, 0.1) is 32.4 Å². The van der Waals surface area contributed by atoms with Gasteiger partial charge in [0, 0.05) is 17.3 Å². The monoisotopic (exact) mass is 503 g/mol. The fourth-order valence-corrected chi connectivity index (χ4v) is 4.50. The fraction of sp³-hybridized carbons (Fsp3) is 0.214. The third-order valence-corrected chi connectivity index (χ3v) is 6.24. The van der Waals surface area contributed by atoms with E-state index in [9.17, 15) is 14.7 Å². The first-order chi connectivity index (χ1) is 18.0. The summed E-state index contributed by atoms with van der Waals surface area (Å²) in [6, 6.07) is 15.9. The number of aliphatic hydroxyl groups is 1. The summed E-state index contributed by atoms with van der Waals surface area (Å²) < 4.78 is 27.1. The number of hydrogen-bond donors (Lipinski definition) is 1. The number of anilines is 1. The summed E-state index contributed by atoms with van der Waals surface area (Å²) in [4.78, 5) is 28.2. The van der Waals surface area contributed by atoms with Crippen molar-refractivity contribution in [2.24, 2.45) is 0 Å². The second kappa shape index (κ2) is 9.77. The molecule has 2 heterocycles. The molecular formula is C28H25NO8. The lowest BCUT2D eigenvalue weighted by molar-refractivity contribution is -0.132. The van der Waals surface area contributed by atoms with Crippen LogP contribution in [-0.2, 0) is 9.59 Å². The highest BCUT2D eigenvalue weighted by molar-refractivity contribution is 6.51. The first kappa shape index (κ1) is 24.1. The Balaban J connectivity index is 1.68. The van der Waals surface area contributed by atoms with Crippen molar-refractivity contribution < 1.29 is 38.4 Å². The molecule has 1 saturated heterocycles. The molecule has 1 atom stereocenters. The Hall–Kier alpha value is -4.66. The van der Waals surface area contributed by atoms with Crippen molar-refractivity contribution in [3.05, 3.63) is 77.4 Å². The van der Waals surface area contributed by atoms with Crippen molar-refractivity contribution in [3.8, 4) is 28.7 Å². The van der Waals surface area contributed by atoms with E-state index in [2.05, 4.69) is 0 Å². The number of carbonyl (C=O) groups excluding carboxylic acids is 2. The zero-order valence-corrected chi connectivity index (χ0v) is 20.5. The van der Waals surface area contributed by atoms with Crippen LogP contribution in [0.3, 0.4) is 0 Å². The predicted molar refractivity (Wildman–Crippen MR) is 135 cm³/mol. The minimum absolute atomic E-state index is 0.0564. The SMILES string of the molecule is CCOc1ccc(C2/C(=C(\O)c3ccc(OC)c(OC)c3)C(=O)C(=O)N2c2ccc3c(c2)OCO3)cc1. The van der Waals surface area contributed by atoms with Crippen LogP contribution in [0.15, 0.2) is 66.2 Å². The van der Waals surface area contributed by atoms with Gasteiger partial charge in [-0.2, -0.15) is 0 Å². The molecule has 3 aromatic rings. The summed E-state index contributed by atoms with van der Waals surface area (Å²) in [6.07, 6.45) is 0.